The summed E-state index contributed by atoms with van der Waals surface area (Å²) in [6, 6.07) is 12.7. The van der Waals surface area contributed by atoms with E-state index in [9.17, 15) is 13.2 Å². The predicted molar refractivity (Wildman–Crippen MR) is 88.3 cm³/mol. The Morgan fingerprint density at radius 2 is 1.68 bits per heavy atom. The first kappa shape index (κ1) is 17.4. The van der Waals surface area contributed by atoms with Crippen LogP contribution in [-0.2, 0) is 10.9 Å². The zero-order chi connectivity index (χ0) is 17.7. The van der Waals surface area contributed by atoms with E-state index in [0.717, 1.165) is 17.7 Å². The van der Waals surface area contributed by atoms with Crippen LogP contribution in [0.3, 0.4) is 0 Å². The van der Waals surface area contributed by atoms with Crippen molar-refractivity contribution in [3.05, 3.63) is 65.2 Å². The molecule has 1 fully saturated rings. The molecule has 1 heterocycles. The average molecular weight is 346 g/mol. The Morgan fingerprint density at radius 3 is 2.36 bits per heavy atom. The van der Waals surface area contributed by atoms with Crippen molar-refractivity contribution >= 4 is 0 Å². The second-order valence-corrected chi connectivity index (χ2v) is 5.75. The molecule has 0 atom stereocenters. The van der Waals surface area contributed by atoms with Crippen LogP contribution in [0.25, 0.3) is 0 Å². The third kappa shape index (κ3) is 4.77. The Balaban J connectivity index is 1.91. The molecule has 3 rings (SSSR count). The van der Waals surface area contributed by atoms with Crippen LogP contribution in [0.2, 0.25) is 0 Å². The molecular weight excluding hydrogens is 329 g/mol. The molecule has 25 heavy (non-hydrogen) atoms. The molecule has 0 aromatic heterocycles. The summed E-state index contributed by atoms with van der Waals surface area (Å²) in [7, 11) is 0. The summed E-state index contributed by atoms with van der Waals surface area (Å²) in [5.41, 5.74) is 0.502. The lowest BCUT2D eigenvalue weighted by Crippen LogP contribution is -2.26. The van der Waals surface area contributed by atoms with Crippen LogP contribution in [-0.4, -0.2) is 19.3 Å². The Kier molecular flexibility index (Phi) is 5.30. The lowest BCUT2D eigenvalue weighted by atomic mass is 10.1. The van der Waals surface area contributed by atoms with Crippen LogP contribution < -0.4 is 4.74 Å². The zero-order valence-electron chi connectivity index (χ0n) is 13.5. The van der Waals surface area contributed by atoms with E-state index in [-0.39, 0.29) is 11.9 Å². The quantitative estimate of drug-likeness (QED) is 0.736. The summed E-state index contributed by atoms with van der Waals surface area (Å²) in [5, 5.41) is 0. The van der Waals surface area contributed by atoms with Gasteiger partial charge in [-0.1, -0.05) is 30.0 Å². The van der Waals surface area contributed by atoms with Crippen LogP contribution >= 0.6 is 0 Å². The largest absolute Gasteiger partial charge is 0.489 e. The van der Waals surface area contributed by atoms with E-state index in [0.29, 0.717) is 31.6 Å². The summed E-state index contributed by atoms with van der Waals surface area (Å²) < 4.78 is 50.1. The molecule has 130 valence electrons. The number of rotatable bonds is 2. The number of alkyl halides is 3. The number of hydrogen-bond acceptors (Lipinski definition) is 2. The van der Waals surface area contributed by atoms with Gasteiger partial charge in [-0.3, -0.25) is 0 Å². The monoisotopic (exact) mass is 346 g/mol. The molecule has 0 bridgehead atoms. The summed E-state index contributed by atoms with van der Waals surface area (Å²) in [6.45, 7) is 1.10. The molecule has 1 saturated heterocycles. The third-order valence-corrected chi connectivity index (χ3v) is 3.89. The molecule has 0 saturated carbocycles. The van der Waals surface area contributed by atoms with Crippen molar-refractivity contribution in [1.82, 2.24) is 0 Å². The lowest BCUT2D eigenvalue weighted by molar-refractivity contribution is -0.137. The number of halogens is 3. The fourth-order valence-corrected chi connectivity index (χ4v) is 2.53. The molecule has 1 aliphatic rings. The van der Waals surface area contributed by atoms with E-state index in [1.165, 1.54) is 6.07 Å². The van der Waals surface area contributed by atoms with Gasteiger partial charge < -0.3 is 9.47 Å². The maximum absolute atomic E-state index is 13.0. The minimum Gasteiger partial charge on any atom is -0.489 e. The minimum absolute atomic E-state index is 0.158. The smallest absolute Gasteiger partial charge is 0.416 e. The second kappa shape index (κ2) is 7.62. The van der Waals surface area contributed by atoms with Crippen molar-refractivity contribution in [2.75, 3.05) is 13.2 Å². The first-order chi connectivity index (χ1) is 12.0. The minimum atomic E-state index is -4.42. The van der Waals surface area contributed by atoms with Crippen LogP contribution in [0.1, 0.15) is 29.5 Å². The Bertz CT molecular complexity index is 767. The summed E-state index contributed by atoms with van der Waals surface area (Å²) in [4.78, 5) is 0. The van der Waals surface area contributed by atoms with Crippen molar-refractivity contribution in [3.8, 4) is 17.6 Å². The number of hydrogen-bond donors (Lipinski definition) is 0. The second-order valence-electron chi connectivity index (χ2n) is 5.75. The summed E-state index contributed by atoms with van der Waals surface area (Å²) >= 11 is 0. The first-order valence-electron chi connectivity index (χ1n) is 8.05. The Labute approximate surface area is 144 Å². The normalized spacial score (nSPS) is 15.3. The highest BCUT2D eigenvalue weighted by Gasteiger charge is 2.31. The van der Waals surface area contributed by atoms with Crippen molar-refractivity contribution < 1.29 is 22.6 Å². The van der Waals surface area contributed by atoms with Gasteiger partial charge in [0.05, 0.1) is 24.3 Å². The first-order valence-corrected chi connectivity index (χ1v) is 8.05. The van der Waals surface area contributed by atoms with Crippen LogP contribution in [0, 0.1) is 11.8 Å². The van der Waals surface area contributed by atoms with E-state index in [4.69, 9.17) is 9.47 Å². The average Bonchev–Trinajstić information content (AvgIpc) is 2.61. The molecule has 0 unspecified atom stereocenters. The Morgan fingerprint density at radius 1 is 0.960 bits per heavy atom. The van der Waals surface area contributed by atoms with Crippen LogP contribution in [0.15, 0.2) is 48.5 Å². The van der Waals surface area contributed by atoms with E-state index < -0.39 is 11.7 Å². The molecule has 0 amide bonds. The van der Waals surface area contributed by atoms with Crippen LogP contribution in [0.5, 0.6) is 5.75 Å². The Hall–Kier alpha value is -2.45. The van der Waals surface area contributed by atoms with Gasteiger partial charge in [0.2, 0.25) is 0 Å². The number of ether oxygens (including phenoxy) is 2. The highest BCUT2D eigenvalue weighted by Crippen LogP contribution is 2.33. The molecule has 0 radical (unpaired) electrons. The highest BCUT2D eigenvalue weighted by molar-refractivity contribution is 5.51. The maximum atomic E-state index is 13.0. The van der Waals surface area contributed by atoms with Gasteiger partial charge in [0.25, 0.3) is 0 Å². The maximum Gasteiger partial charge on any atom is 0.416 e. The molecule has 0 spiro atoms. The van der Waals surface area contributed by atoms with Gasteiger partial charge in [-0.05, 0) is 30.3 Å². The van der Waals surface area contributed by atoms with Crippen molar-refractivity contribution in [2.45, 2.75) is 25.1 Å². The van der Waals surface area contributed by atoms with E-state index in [2.05, 4.69) is 11.8 Å². The van der Waals surface area contributed by atoms with E-state index >= 15 is 0 Å². The molecule has 0 aliphatic carbocycles. The van der Waals surface area contributed by atoms with Crippen molar-refractivity contribution in [3.63, 3.8) is 0 Å². The highest BCUT2D eigenvalue weighted by atomic mass is 19.4. The lowest BCUT2D eigenvalue weighted by Gasteiger charge is -2.24. The van der Waals surface area contributed by atoms with E-state index in [1.807, 2.05) is 30.3 Å². The van der Waals surface area contributed by atoms with Gasteiger partial charge in [-0.15, -0.1) is 0 Å². The number of benzene rings is 2. The van der Waals surface area contributed by atoms with Crippen LogP contribution in [0.4, 0.5) is 13.2 Å². The van der Waals surface area contributed by atoms with Crippen molar-refractivity contribution in [1.29, 1.82) is 0 Å². The zero-order valence-corrected chi connectivity index (χ0v) is 13.5. The summed E-state index contributed by atoms with van der Waals surface area (Å²) in [6.07, 6.45) is -3.27. The predicted octanol–water partition coefficient (Wildman–Crippen LogP) is 4.66. The van der Waals surface area contributed by atoms with Gasteiger partial charge in [0.15, 0.2) is 0 Å². The SMILES string of the molecule is FC(F)(F)c1ccc(C#Cc2ccccc2)c(OC2CCOCC2)c1. The molecular formula is C20H17F3O2. The molecule has 1 aliphatic heterocycles. The molecule has 2 nitrogen and oxygen atoms in total. The van der Waals surface area contributed by atoms with Gasteiger partial charge in [-0.2, -0.15) is 13.2 Å². The fourth-order valence-electron chi connectivity index (χ4n) is 2.53. The molecule has 5 heteroatoms. The fraction of sp³-hybridized carbons (Fsp3) is 0.300. The summed E-state index contributed by atoms with van der Waals surface area (Å²) in [5.74, 6) is 6.06. The van der Waals surface area contributed by atoms with Gasteiger partial charge in [0, 0.05) is 18.4 Å². The van der Waals surface area contributed by atoms with E-state index in [1.54, 1.807) is 0 Å². The molecule has 0 N–H and O–H groups in total. The van der Waals surface area contributed by atoms with Gasteiger partial charge in [-0.25, -0.2) is 0 Å². The molecule has 2 aromatic rings. The van der Waals surface area contributed by atoms with Gasteiger partial charge >= 0.3 is 6.18 Å². The third-order valence-electron chi connectivity index (χ3n) is 3.89. The topological polar surface area (TPSA) is 18.5 Å². The van der Waals surface area contributed by atoms with Gasteiger partial charge in [0.1, 0.15) is 11.9 Å². The van der Waals surface area contributed by atoms with Crippen molar-refractivity contribution in [2.24, 2.45) is 0 Å². The standard InChI is InChI=1S/C20H17F3O2/c21-20(22,23)17-9-8-16(7-6-15-4-2-1-3-5-15)19(14-17)25-18-10-12-24-13-11-18/h1-5,8-9,14,18H,10-13H2. The molecule has 2 aromatic carbocycles.